The fourth-order valence-corrected chi connectivity index (χ4v) is 0.984. The summed E-state index contributed by atoms with van der Waals surface area (Å²) in [6, 6.07) is 6.28. The van der Waals surface area contributed by atoms with Gasteiger partial charge in [0.1, 0.15) is 5.75 Å². The first-order chi connectivity index (χ1) is 8.40. The lowest BCUT2D eigenvalue weighted by Gasteiger charge is -2.12. The van der Waals surface area contributed by atoms with Crippen LogP contribution in [0.15, 0.2) is 34.5 Å². The molecule has 7 heteroatoms. The SMILES string of the molecule is COc1ccc(N=NC(C)(C(=O)O)C(=O)O)cc1. The Bertz CT molecular complexity index is 467. The van der Waals surface area contributed by atoms with Crippen LogP contribution in [0.2, 0.25) is 0 Å². The highest BCUT2D eigenvalue weighted by molar-refractivity contribution is 6.02. The zero-order valence-corrected chi connectivity index (χ0v) is 9.82. The number of hydrogen-bond donors (Lipinski definition) is 2. The average molecular weight is 252 g/mol. The molecule has 18 heavy (non-hydrogen) atoms. The molecule has 96 valence electrons. The van der Waals surface area contributed by atoms with Gasteiger partial charge in [-0.3, -0.25) is 0 Å². The van der Waals surface area contributed by atoms with Crippen molar-refractivity contribution in [1.82, 2.24) is 0 Å². The highest BCUT2D eigenvalue weighted by Crippen LogP contribution is 2.21. The molecule has 0 aliphatic carbocycles. The number of rotatable bonds is 5. The van der Waals surface area contributed by atoms with Gasteiger partial charge in [0.25, 0.3) is 5.54 Å². The topological polar surface area (TPSA) is 109 Å². The Morgan fingerprint density at radius 1 is 1.17 bits per heavy atom. The molecular weight excluding hydrogens is 240 g/mol. The van der Waals surface area contributed by atoms with Crippen LogP contribution in [-0.2, 0) is 9.59 Å². The minimum Gasteiger partial charge on any atom is -0.497 e. The summed E-state index contributed by atoms with van der Waals surface area (Å²) in [5, 5.41) is 24.6. The number of azo groups is 1. The van der Waals surface area contributed by atoms with E-state index < -0.39 is 17.5 Å². The molecule has 0 saturated heterocycles. The van der Waals surface area contributed by atoms with Gasteiger partial charge in [-0.1, -0.05) is 0 Å². The molecule has 0 aliphatic heterocycles. The molecule has 0 spiro atoms. The van der Waals surface area contributed by atoms with Crippen molar-refractivity contribution < 1.29 is 24.5 Å². The van der Waals surface area contributed by atoms with Gasteiger partial charge in [-0.25, -0.2) is 9.59 Å². The fraction of sp³-hybridized carbons (Fsp3) is 0.273. The summed E-state index contributed by atoms with van der Waals surface area (Å²) in [5.74, 6) is -2.55. The van der Waals surface area contributed by atoms with Crippen molar-refractivity contribution in [3.05, 3.63) is 24.3 Å². The van der Waals surface area contributed by atoms with Gasteiger partial charge in [-0.05, 0) is 31.2 Å². The molecule has 2 N–H and O–H groups in total. The van der Waals surface area contributed by atoms with Crippen molar-refractivity contribution in [2.24, 2.45) is 10.2 Å². The Morgan fingerprint density at radius 3 is 2.06 bits per heavy atom. The van der Waals surface area contributed by atoms with E-state index >= 15 is 0 Å². The first kappa shape index (κ1) is 13.6. The van der Waals surface area contributed by atoms with Gasteiger partial charge >= 0.3 is 11.9 Å². The average Bonchev–Trinajstić information content (AvgIpc) is 2.36. The predicted molar refractivity (Wildman–Crippen MR) is 61.2 cm³/mol. The lowest BCUT2D eigenvalue weighted by Crippen LogP contribution is -2.41. The van der Waals surface area contributed by atoms with Crippen molar-refractivity contribution in [3.63, 3.8) is 0 Å². The maximum absolute atomic E-state index is 10.8. The third kappa shape index (κ3) is 2.82. The van der Waals surface area contributed by atoms with Crippen LogP contribution in [0.1, 0.15) is 6.92 Å². The molecular formula is C11H12N2O5. The van der Waals surface area contributed by atoms with Gasteiger partial charge in [-0.15, -0.1) is 0 Å². The van der Waals surface area contributed by atoms with Crippen molar-refractivity contribution in [3.8, 4) is 5.75 Å². The van der Waals surface area contributed by atoms with Gasteiger partial charge in [0.05, 0.1) is 12.8 Å². The summed E-state index contributed by atoms with van der Waals surface area (Å²) < 4.78 is 4.93. The van der Waals surface area contributed by atoms with E-state index in [0.29, 0.717) is 11.4 Å². The van der Waals surface area contributed by atoms with Gasteiger partial charge in [0, 0.05) is 0 Å². The summed E-state index contributed by atoms with van der Waals surface area (Å²) in [6.07, 6.45) is 0. The molecule has 0 bridgehead atoms. The van der Waals surface area contributed by atoms with Crippen LogP contribution in [-0.4, -0.2) is 34.8 Å². The van der Waals surface area contributed by atoms with E-state index in [1.165, 1.54) is 19.2 Å². The Hall–Kier alpha value is -2.44. The Morgan fingerprint density at radius 2 is 1.67 bits per heavy atom. The van der Waals surface area contributed by atoms with Gasteiger partial charge in [0.15, 0.2) is 0 Å². The van der Waals surface area contributed by atoms with E-state index in [4.69, 9.17) is 14.9 Å². The highest BCUT2D eigenvalue weighted by atomic mass is 16.5. The first-order valence-corrected chi connectivity index (χ1v) is 4.94. The van der Waals surface area contributed by atoms with Crippen molar-refractivity contribution in [1.29, 1.82) is 0 Å². The molecule has 0 aromatic heterocycles. The predicted octanol–water partition coefficient (Wildman–Crippen LogP) is 1.71. The quantitative estimate of drug-likeness (QED) is 0.612. The smallest absolute Gasteiger partial charge is 0.345 e. The van der Waals surface area contributed by atoms with Crippen LogP contribution in [0.4, 0.5) is 5.69 Å². The third-order valence-electron chi connectivity index (χ3n) is 2.27. The van der Waals surface area contributed by atoms with Crippen LogP contribution >= 0.6 is 0 Å². The number of nitrogens with zero attached hydrogens (tertiary/aromatic N) is 2. The second-order valence-electron chi connectivity index (χ2n) is 3.58. The molecule has 0 saturated carbocycles. The Labute approximate surface area is 103 Å². The van der Waals surface area contributed by atoms with Crippen LogP contribution in [0, 0.1) is 0 Å². The van der Waals surface area contributed by atoms with E-state index in [1.54, 1.807) is 12.1 Å². The number of carboxylic acids is 2. The molecule has 0 atom stereocenters. The van der Waals surface area contributed by atoms with Crippen molar-refractivity contribution >= 4 is 17.6 Å². The lowest BCUT2D eigenvalue weighted by atomic mass is 10.1. The first-order valence-electron chi connectivity index (χ1n) is 4.94. The standard InChI is InChI=1S/C11H12N2O5/c1-11(9(14)15,10(16)17)13-12-7-3-5-8(18-2)6-4-7/h3-6H,1-2H3,(H,14,15)(H,16,17). The number of hydrogen-bond acceptors (Lipinski definition) is 5. The highest BCUT2D eigenvalue weighted by Gasteiger charge is 2.42. The molecule has 0 heterocycles. The van der Waals surface area contributed by atoms with Crippen LogP contribution in [0.5, 0.6) is 5.75 Å². The zero-order chi connectivity index (χ0) is 13.8. The number of benzene rings is 1. The van der Waals surface area contributed by atoms with Crippen LogP contribution in [0.25, 0.3) is 0 Å². The summed E-state index contributed by atoms with van der Waals surface area (Å²) in [7, 11) is 1.50. The molecule has 1 aromatic carbocycles. The summed E-state index contributed by atoms with van der Waals surface area (Å²) in [4.78, 5) is 21.7. The molecule has 0 unspecified atom stereocenters. The molecule has 0 amide bonds. The lowest BCUT2D eigenvalue weighted by molar-refractivity contribution is -0.155. The zero-order valence-electron chi connectivity index (χ0n) is 9.82. The second kappa shape index (κ2) is 5.26. The van der Waals surface area contributed by atoms with Crippen molar-refractivity contribution in [2.45, 2.75) is 12.5 Å². The molecule has 7 nitrogen and oxygen atoms in total. The fourth-order valence-electron chi connectivity index (χ4n) is 0.984. The van der Waals surface area contributed by atoms with E-state index in [0.717, 1.165) is 6.92 Å². The van der Waals surface area contributed by atoms with Gasteiger partial charge in [-0.2, -0.15) is 10.2 Å². The Balaban J connectivity index is 2.96. The van der Waals surface area contributed by atoms with E-state index in [2.05, 4.69) is 10.2 Å². The van der Waals surface area contributed by atoms with E-state index in [1.807, 2.05) is 0 Å². The third-order valence-corrected chi connectivity index (χ3v) is 2.27. The molecule has 0 radical (unpaired) electrons. The number of ether oxygens (including phenoxy) is 1. The van der Waals surface area contributed by atoms with E-state index in [-0.39, 0.29) is 0 Å². The summed E-state index contributed by atoms with van der Waals surface area (Å²) >= 11 is 0. The molecule has 0 aliphatic rings. The van der Waals surface area contributed by atoms with Gasteiger partial charge in [0.2, 0.25) is 0 Å². The number of carbonyl (C=O) groups is 2. The number of carboxylic acid groups (broad SMARTS) is 2. The summed E-state index contributed by atoms with van der Waals surface area (Å²) in [6.45, 7) is 0.963. The largest absolute Gasteiger partial charge is 0.497 e. The Kier molecular flexibility index (Phi) is 3.98. The van der Waals surface area contributed by atoms with Crippen LogP contribution < -0.4 is 4.74 Å². The second-order valence-corrected chi connectivity index (χ2v) is 3.58. The maximum atomic E-state index is 10.8. The van der Waals surface area contributed by atoms with Crippen LogP contribution in [0.3, 0.4) is 0 Å². The molecule has 0 fully saturated rings. The maximum Gasteiger partial charge on any atom is 0.345 e. The minimum absolute atomic E-state index is 0.338. The molecule has 1 rings (SSSR count). The van der Waals surface area contributed by atoms with E-state index in [9.17, 15) is 9.59 Å². The number of aliphatic carboxylic acids is 2. The minimum atomic E-state index is -2.29. The summed E-state index contributed by atoms with van der Waals surface area (Å²) in [5.41, 5.74) is -1.95. The molecule has 1 aromatic rings. The van der Waals surface area contributed by atoms with Gasteiger partial charge < -0.3 is 14.9 Å². The monoisotopic (exact) mass is 252 g/mol. The van der Waals surface area contributed by atoms with Crippen molar-refractivity contribution in [2.75, 3.05) is 7.11 Å². The number of methoxy groups -OCH3 is 1. The normalized spacial score (nSPS) is 11.4.